The van der Waals surface area contributed by atoms with E-state index in [9.17, 15) is 19.5 Å². The van der Waals surface area contributed by atoms with Crippen molar-refractivity contribution in [1.82, 2.24) is 15.1 Å². The molecule has 0 spiro atoms. The van der Waals surface area contributed by atoms with Crippen LogP contribution in [-0.4, -0.2) is 32.8 Å². The summed E-state index contributed by atoms with van der Waals surface area (Å²) in [5.74, 6) is -1.77. The first kappa shape index (κ1) is 17.2. The van der Waals surface area contributed by atoms with Gasteiger partial charge in [0, 0.05) is 6.07 Å². The van der Waals surface area contributed by atoms with Crippen LogP contribution in [0.25, 0.3) is 0 Å². The van der Waals surface area contributed by atoms with Crippen molar-refractivity contribution >= 4 is 11.9 Å². The normalized spacial score (nSPS) is 16.3. The molecule has 2 N–H and O–H groups in total. The van der Waals surface area contributed by atoms with Crippen molar-refractivity contribution < 1.29 is 14.7 Å². The Morgan fingerprint density at radius 1 is 1.39 bits per heavy atom. The third-order valence-electron chi connectivity index (χ3n) is 4.36. The number of hydrogen-bond donors (Lipinski definition) is 2. The summed E-state index contributed by atoms with van der Waals surface area (Å²) >= 11 is 0. The van der Waals surface area contributed by atoms with Gasteiger partial charge < -0.3 is 10.4 Å². The average molecular weight is 321 g/mol. The van der Waals surface area contributed by atoms with E-state index >= 15 is 0 Å². The van der Waals surface area contributed by atoms with E-state index in [0.29, 0.717) is 6.42 Å². The number of rotatable bonds is 6. The second kappa shape index (κ2) is 7.39. The maximum atomic E-state index is 12.1. The van der Waals surface area contributed by atoms with E-state index in [0.717, 1.165) is 41.6 Å². The summed E-state index contributed by atoms with van der Waals surface area (Å²) in [5, 5.41) is 16.0. The van der Waals surface area contributed by atoms with E-state index in [-0.39, 0.29) is 18.0 Å². The fourth-order valence-corrected chi connectivity index (χ4v) is 2.75. The zero-order valence-electron chi connectivity index (χ0n) is 13.5. The number of hydrogen-bond acceptors (Lipinski definition) is 4. The minimum absolute atomic E-state index is 0.190. The molecule has 0 unspecified atom stereocenters. The van der Waals surface area contributed by atoms with Gasteiger partial charge in [-0.1, -0.05) is 20.3 Å². The van der Waals surface area contributed by atoms with Crippen LogP contribution in [0.3, 0.4) is 0 Å². The van der Waals surface area contributed by atoms with Gasteiger partial charge >= 0.3 is 5.97 Å². The predicted octanol–water partition coefficient (Wildman–Crippen LogP) is 0.738. The highest BCUT2D eigenvalue weighted by Gasteiger charge is 2.25. The maximum Gasteiger partial charge on any atom is 0.326 e. The van der Waals surface area contributed by atoms with Crippen LogP contribution in [0.4, 0.5) is 0 Å². The van der Waals surface area contributed by atoms with Gasteiger partial charge in [-0.2, -0.15) is 5.10 Å². The Morgan fingerprint density at radius 2 is 2.09 bits per heavy atom. The summed E-state index contributed by atoms with van der Waals surface area (Å²) in [6, 6.07) is 0.582. The first-order chi connectivity index (χ1) is 10.9. The molecule has 0 fully saturated rings. The van der Waals surface area contributed by atoms with Crippen molar-refractivity contribution in [1.29, 1.82) is 0 Å². The topological polar surface area (TPSA) is 101 Å². The van der Waals surface area contributed by atoms with Gasteiger partial charge in [0.05, 0.1) is 5.69 Å². The Hall–Kier alpha value is -2.18. The van der Waals surface area contributed by atoms with E-state index in [1.807, 2.05) is 6.92 Å². The van der Waals surface area contributed by atoms with Crippen LogP contribution in [0, 0.1) is 5.92 Å². The highest BCUT2D eigenvalue weighted by Crippen LogP contribution is 2.16. The number of fused-ring (bicyclic) bond motifs is 1. The maximum absolute atomic E-state index is 12.1. The van der Waals surface area contributed by atoms with Crippen LogP contribution in [0.2, 0.25) is 0 Å². The lowest BCUT2D eigenvalue weighted by Gasteiger charge is -2.20. The van der Waals surface area contributed by atoms with E-state index in [2.05, 4.69) is 10.4 Å². The molecule has 1 aliphatic carbocycles. The number of carbonyl (C=O) groups is 2. The van der Waals surface area contributed by atoms with Crippen LogP contribution in [0.1, 0.15) is 44.4 Å². The summed E-state index contributed by atoms with van der Waals surface area (Å²) < 4.78 is 1.12. The molecule has 0 radical (unpaired) electrons. The first-order valence-corrected chi connectivity index (χ1v) is 8.04. The van der Waals surface area contributed by atoms with Crippen LogP contribution >= 0.6 is 0 Å². The van der Waals surface area contributed by atoms with Gasteiger partial charge in [-0.3, -0.25) is 9.59 Å². The van der Waals surface area contributed by atoms with Crippen molar-refractivity contribution in [2.45, 2.75) is 58.5 Å². The SMILES string of the molecule is CC[C@@H](C)[C@@H](NC(=O)Cn1nc2c(cc1=O)CCCC2)C(=O)O. The van der Waals surface area contributed by atoms with E-state index < -0.39 is 17.9 Å². The van der Waals surface area contributed by atoms with Gasteiger partial charge in [0.2, 0.25) is 5.91 Å². The molecule has 7 nitrogen and oxygen atoms in total. The fraction of sp³-hybridized carbons (Fsp3) is 0.625. The minimum atomic E-state index is -1.07. The molecule has 2 atom stereocenters. The zero-order valence-corrected chi connectivity index (χ0v) is 13.5. The Balaban J connectivity index is 2.11. The Bertz CT molecular complexity index is 653. The van der Waals surface area contributed by atoms with Crippen LogP contribution in [-0.2, 0) is 29.0 Å². The summed E-state index contributed by atoms with van der Waals surface area (Å²) in [6.45, 7) is 3.37. The molecule has 0 saturated heterocycles. The predicted molar refractivity (Wildman–Crippen MR) is 84.2 cm³/mol. The van der Waals surface area contributed by atoms with Gasteiger partial charge in [0.1, 0.15) is 12.6 Å². The van der Waals surface area contributed by atoms with Gasteiger partial charge in [0.15, 0.2) is 0 Å². The van der Waals surface area contributed by atoms with E-state index in [1.54, 1.807) is 6.92 Å². The van der Waals surface area contributed by atoms with Crippen molar-refractivity contribution in [2.75, 3.05) is 0 Å². The molecule has 7 heteroatoms. The van der Waals surface area contributed by atoms with Gasteiger partial charge in [-0.25, -0.2) is 9.48 Å². The second-order valence-corrected chi connectivity index (χ2v) is 6.09. The Labute approximate surface area is 134 Å². The summed E-state index contributed by atoms with van der Waals surface area (Å²) in [7, 11) is 0. The molecule has 0 bridgehead atoms. The molecule has 0 aliphatic heterocycles. The van der Waals surface area contributed by atoms with Crippen LogP contribution < -0.4 is 10.9 Å². The van der Waals surface area contributed by atoms with Crippen LogP contribution in [0.5, 0.6) is 0 Å². The van der Waals surface area contributed by atoms with Crippen LogP contribution in [0.15, 0.2) is 10.9 Å². The second-order valence-electron chi connectivity index (χ2n) is 6.09. The molecular weight excluding hydrogens is 298 g/mol. The molecule has 1 amide bonds. The molecule has 23 heavy (non-hydrogen) atoms. The highest BCUT2D eigenvalue weighted by atomic mass is 16.4. The zero-order chi connectivity index (χ0) is 17.0. The highest BCUT2D eigenvalue weighted by molar-refractivity contribution is 5.83. The Kier molecular flexibility index (Phi) is 5.52. The summed E-state index contributed by atoms with van der Waals surface area (Å²) in [6.07, 6.45) is 4.36. The number of aryl methyl sites for hydroxylation is 2. The van der Waals surface area contributed by atoms with E-state index in [1.165, 1.54) is 6.07 Å². The minimum Gasteiger partial charge on any atom is -0.480 e. The molecule has 126 valence electrons. The number of aliphatic carboxylic acids is 1. The monoisotopic (exact) mass is 321 g/mol. The largest absolute Gasteiger partial charge is 0.480 e. The summed E-state index contributed by atoms with van der Waals surface area (Å²) in [4.78, 5) is 35.4. The lowest BCUT2D eigenvalue weighted by molar-refractivity contribution is -0.143. The third-order valence-corrected chi connectivity index (χ3v) is 4.36. The molecule has 0 saturated carbocycles. The lowest BCUT2D eigenvalue weighted by atomic mass is 9.97. The fourth-order valence-electron chi connectivity index (χ4n) is 2.75. The number of carboxylic acids is 1. The Morgan fingerprint density at radius 3 is 2.74 bits per heavy atom. The number of carbonyl (C=O) groups excluding carboxylic acids is 1. The average Bonchev–Trinajstić information content (AvgIpc) is 2.52. The lowest BCUT2D eigenvalue weighted by Crippen LogP contribution is -2.47. The number of amides is 1. The quantitative estimate of drug-likeness (QED) is 0.804. The van der Waals surface area contributed by atoms with Gasteiger partial charge in [-0.05, 0) is 37.2 Å². The van der Waals surface area contributed by atoms with Crippen molar-refractivity contribution in [3.63, 3.8) is 0 Å². The van der Waals surface area contributed by atoms with E-state index in [4.69, 9.17) is 0 Å². The molecule has 2 rings (SSSR count). The van der Waals surface area contributed by atoms with Gasteiger partial charge in [-0.15, -0.1) is 0 Å². The van der Waals surface area contributed by atoms with Crippen molar-refractivity contribution in [2.24, 2.45) is 5.92 Å². The molecule has 1 aromatic heterocycles. The molecule has 0 aromatic carbocycles. The molecule has 1 aliphatic rings. The molecular formula is C16H23N3O4. The molecule has 1 aromatic rings. The number of nitrogens with one attached hydrogen (secondary N) is 1. The molecule has 1 heterocycles. The third kappa shape index (κ3) is 4.18. The van der Waals surface area contributed by atoms with Gasteiger partial charge in [0.25, 0.3) is 5.56 Å². The number of nitrogens with zero attached hydrogens (tertiary/aromatic N) is 2. The van der Waals surface area contributed by atoms with Crippen molar-refractivity contribution in [3.8, 4) is 0 Å². The summed E-state index contributed by atoms with van der Waals surface area (Å²) in [5.41, 5.74) is 1.50. The number of carboxylic acid groups (broad SMARTS) is 1. The van der Waals surface area contributed by atoms with Crippen molar-refractivity contribution in [3.05, 3.63) is 27.7 Å². The first-order valence-electron chi connectivity index (χ1n) is 8.04. The number of aromatic nitrogens is 2. The standard InChI is InChI=1S/C16H23N3O4/c1-3-10(2)15(16(22)23)17-13(20)9-19-14(21)8-11-6-4-5-7-12(11)18-19/h8,10,15H,3-7,9H2,1-2H3,(H,17,20)(H,22,23)/t10-,15-/m1/s1. The smallest absolute Gasteiger partial charge is 0.326 e.